The first kappa shape index (κ1) is 13.1. The van der Waals surface area contributed by atoms with Crippen LogP contribution in [0.4, 0.5) is 5.69 Å². The van der Waals surface area contributed by atoms with Crippen LogP contribution in [0.3, 0.4) is 0 Å². The highest BCUT2D eigenvalue weighted by atomic mass is 79.9. The maximum Gasteiger partial charge on any atom is 0.0745 e. The van der Waals surface area contributed by atoms with Crippen molar-refractivity contribution in [1.29, 1.82) is 0 Å². The van der Waals surface area contributed by atoms with Gasteiger partial charge in [-0.25, -0.2) is 0 Å². The van der Waals surface area contributed by atoms with Crippen molar-refractivity contribution in [3.05, 3.63) is 64.1 Å². The van der Waals surface area contributed by atoms with Crippen LogP contribution in [-0.2, 0) is 0 Å². The molecular formula is C15H16BrNO. The molecule has 0 heterocycles. The van der Waals surface area contributed by atoms with Gasteiger partial charge in [0.05, 0.1) is 12.6 Å². The Morgan fingerprint density at radius 1 is 1.06 bits per heavy atom. The predicted octanol–water partition coefficient (Wildman–Crippen LogP) is 3.90. The molecule has 0 amide bonds. The Bertz CT molecular complexity index is 493. The lowest BCUT2D eigenvalue weighted by Crippen LogP contribution is -2.14. The fourth-order valence-electron chi connectivity index (χ4n) is 1.78. The third kappa shape index (κ3) is 3.34. The van der Waals surface area contributed by atoms with E-state index in [1.54, 1.807) is 0 Å². The molecule has 1 unspecified atom stereocenters. The fraction of sp³-hybridized carbons (Fsp3) is 0.200. The third-order valence-corrected chi connectivity index (χ3v) is 3.38. The van der Waals surface area contributed by atoms with E-state index in [4.69, 9.17) is 0 Å². The van der Waals surface area contributed by atoms with Crippen LogP contribution < -0.4 is 5.32 Å². The molecule has 2 aromatic rings. The van der Waals surface area contributed by atoms with Crippen molar-refractivity contribution < 1.29 is 5.11 Å². The van der Waals surface area contributed by atoms with Crippen LogP contribution >= 0.6 is 15.9 Å². The highest BCUT2D eigenvalue weighted by molar-refractivity contribution is 9.10. The fourth-order valence-corrected chi connectivity index (χ4v) is 2.04. The summed E-state index contributed by atoms with van der Waals surface area (Å²) in [5.41, 5.74) is 3.31. The molecule has 0 saturated carbocycles. The van der Waals surface area contributed by atoms with Gasteiger partial charge < -0.3 is 10.4 Å². The minimum atomic E-state index is -0.0826. The lowest BCUT2D eigenvalue weighted by atomic mass is 10.1. The number of rotatable bonds is 4. The maximum atomic E-state index is 9.49. The predicted molar refractivity (Wildman–Crippen MR) is 78.8 cm³/mol. The smallest absolute Gasteiger partial charge is 0.0745 e. The van der Waals surface area contributed by atoms with Gasteiger partial charge >= 0.3 is 0 Å². The van der Waals surface area contributed by atoms with Crippen molar-refractivity contribution in [2.24, 2.45) is 0 Å². The maximum absolute atomic E-state index is 9.49. The first-order chi connectivity index (χ1) is 8.69. The first-order valence-electron chi connectivity index (χ1n) is 5.88. The van der Waals surface area contributed by atoms with Crippen molar-refractivity contribution in [3.8, 4) is 0 Å². The zero-order valence-corrected chi connectivity index (χ0v) is 11.8. The molecule has 0 bridgehead atoms. The highest BCUT2D eigenvalue weighted by Crippen LogP contribution is 2.21. The Hall–Kier alpha value is -1.32. The minimum Gasteiger partial charge on any atom is -0.394 e. The van der Waals surface area contributed by atoms with Crippen LogP contribution in [0.1, 0.15) is 17.2 Å². The van der Waals surface area contributed by atoms with Crippen molar-refractivity contribution in [1.82, 2.24) is 0 Å². The lowest BCUT2D eigenvalue weighted by Gasteiger charge is -2.18. The Morgan fingerprint density at radius 3 is 2.22 bits per heavy atom. The number of hydrogen-bond acceptors (Lipinski definition) is 2. The Labute approximate surface area is 116 Å². The Morgan fingerprint density at radius 2 is 1.67 bits per heavy atom. The second-order valence-electron chi connectivity index (χ2n) is 4.30. The van der Waals surface area contributed by atoms with Crippen molar-refractivity contribution >= 4 is 21.6 Å². The molecule has 0 radical (unpaired) electrons. The van der Waals surface area contributed by atoms with Gasteiger partial charge in [0.1, 0.15) is 0 Å². The molecule has 0 aromatic heterocycles. The summed E-state index contributed by atoms with van der Waals surface area (Å²) in [5, 5.41) is 12.8. The van der Waals surface area contributed by atoms with Gasteiger partial charge in [0, 0.05) is 10.2 Å². The van der Waals surface area contributed by atoms with E-state index in [9.17, 15) is 5.11 Å². The van der Waals surface area contributed by atoms with E-state index in [0.717, 1.165) is 15.7 Å². The second-order valence-corrected chi connectivity index (χ2v) is 5.21. The molecule has 2 aromatic carbocycles. The zero-order chi connectivity index (χ0) is 13.0. The van der Waals surface area contributed by atoms with E-state index in [1.165, 1.54) is 5.56 Å². The van der Waals surface area contributed by atoms with E-state index in [2.05, 4.69) is 40.3 Å². The summed E-state index contributed by atoms with van der Waals surface area (Å²) in [4.78, 5) is 0. The quantitative estimate of drug-likeness (QED) is 0.898. The largest absolute Gasteiger partial charge is 0.394 e. The molecule has 1 atom stereocenters. The molecule has 0 saturated heterocycles. The minimum absolute atomic E-state index is 0.0650. The SMILES string of the molecule is Cc1ccc(NC(CO)c2ccc(Br)cc2)cc1. The molecule has 0 aliphatic rings. The molecule has 18 heavy (non-hydrogen) atoms. The summed E-state index contributed by atoms with van der Waals surface area (Å²) in [6.07, 6.45) is 0. The van der Waals surface area contributed by atoms with Gasteiger partial charge in [-0.2, -0.15) is 0 Å². The number of hydrogen-bond donors (Lipinski definition) is 2. The molecular weight excluding hydrogens is 290 g/mol. The normalized spacial score (nSPS) is 12.2. The molecule has 0 spiro atoms. The van der Waals surface area contributed by atoms with Gasteiger partial charge in [-0.05, 0) is 36.8 Å². The Kier molecular flexibility index (Phi) is 4.39. The number of nitrogens with one attached hydrogen (secondary N) is 1. The van der Waals surface area contributed by atoms with E-state index in [0.29, 0.717) is 0 Å². The number of aliphatic hydroxyl groups is 1. The first-order valence-corrected chi connectivity index (χ1v) is 6.68. The number of anilines is 1. The molecule has 94 valence electrons. The summed E-state index contributed by atoms with van der Waals surface area (Å²) < 4.78 is 1.04. The van der Waals surface area contributed by atoms with Crippen LogP contribution in [0, 0.1) is 6.92 Å². The van der Waals surface area contributed by atoms with Gasteiger partial charge in [0.15, 0.2) is 0 Å². The highest BCUT2D eigenvalue weighted by Gasteiger charge is 2.09. The van der Waals surface area contributed by atoms with Crippen LogP contribution in [0.15, 0.2) is 53.0 Å². The lowest BCUT2D eigenvalue weighted by molar-refractivity contribution is 0.276. The van der Waals surface area contributed by atoms with Gasteiger partial charge in [-0.15, -0.1) is 0 Å². The average Bonchev–Trinajstić information content (AvgIpc) is 2.39. The molecule has 0 fully saturated rings. The van der Waals surface area contributed by atoms with Gasteiger partial charge in [-0.3, -0.25) is 0 Å². The van der Waals surface area contributed by atoms with Crippen LogP contribution in [0.25, 0.3) is 0 Å². The number of halogens is 1. The summed E-state index contributed by atoms with van der Waals surface area (Å²) in [6, 6.07) is 16.0. The summed E-state index contributed by atoms with van der Waals surface area (Å²) in [5.74, 6) is 0. The molecule has 2 nitrogen and oxygen atoms in total. The number of benzene rings is 2. The van der Waals surface area contributed by atoms with E-state index >= 15 is 0 Å². The molecule has 0 aliphatic carbocycles. The van der Waals surface area contributed by atoms with Crippen molar-refractivity contribution in [2.75, 3.05) is 11.9 Å². The zero-order valence-electron chi connectivity index (χ0n) is 10.2. The van der Waals surface area contributed by atoms with Crippen molar-refractivity contribution in [2.45, 2.75) is 13.0 Å². The molecule has 3 heteroatoms. The third-order valence-electron chi connectivity index (χ3n) is 2.85. The van der Waals surface area contributed by atoms with Gasteiger partial charge in [0.2, 0.25) is 0 Å². The van der Waals surface area contributed by atoms with E-state index < -0.39 is 0 Å². The van der Waals surface area contributed by atoms with E-state index in [-0.39, 0.29) is 12.6 Å². The monoisotopic (exact) mass is 305 g/mol. The molecule has 2 rings (SSSR count). The van der Waals surface area contributed by atoms with Crippen molar-refractivity contribution in [3.63, 3.8) is 0 Å². The molecule has 2 N–H and O–H groups in total. The van der Waals surface area contributed by atoms with Gasteiger partial charge in [0.25, 0.3) is 0 Å². The average molecular weight is 306 g/mol. The summed E-state index contributed by atoms with van der Waals surface area (Å²) >= 11 is 3.41. The van der Waals surface area contributed by atoms with Crippen LogP contribution in [-0.4, -0.2) is 11.7 Å². The topological polar surface area (TPSA) is 32.3 Å². The number of aryl methyl sites for hydroxylation is 1. The van der Waals surface area contributed by atoms with Gasteiger partial charge in [-0.1, -0.05) is 45.8 Å². The Balaban J connectivity index is 2.14. The number of aliphatic hydroxyl groups excluding tert-OH is 1. The van der Waals surface area contributed by atoms with Crippen LogP contribution in [0.2, 0.25) is 0 Å². The summed E-state index contributed by atoms with van der Waals surface area (Å²) in [7, 11) is 0. The standard InChI is InChI=1S/C15H16BrNO/c1-11-2-8-14(9-3-11)17-15(10-18)12-4-6-13(16)7-5-12/h2-9,15,17-18H,10H2,1H3. The summed E-state index contributed by atoms with van der Waals surface area (Å²) in [6.45, 7) is 2.12. The van der Waals surface area contributed by atoms with Crippen LogP contribution in [0.5, 0.6) is 0 Å². The molecule has 0 aliphatic heterocycles. The van der Waals surface area contributed by atoms with E-state index in [1.807, 2.05) is 36.4 Å². The second kappa shape index (κ2) is 6.03.